The molecule has 77 heavy (non-hydrogen) atoms. The van der Waals surface area contributed by atoms with Crippen molar-refractivity contribution in [2.75, 3.05) is 81.7 Å². The summed E-state index contributed by atoms with van der Waals surface area (Å²) < 4.78 is 81.7. The highest BCUT2D eigenvalue weighted by molar-refractivity contribution is 9.10. The fraction of sp³-hybridized carbons (Fsp3) is 0.673. The average Bonchev–Trinajstić information content (AvgIpc) is 3.73. The Morgan fingerprint density at radius 2 is 0.961 bits per heavy atom. The van der Waals surface area contributed by atoms with E-state index in [9.17, 15) is 54.7 Å². The molecule has 0 aromatic heterocycles. The van der Waals surface area contributed by atoms with E-state index in [2.05, 4.69) is 26.0 Å². The summed E-state index contributed by atoms with van der Waals surface area (Å²) in [6, 6.07) is 11.7. The SMILES string of the molecule is C.C.C.CN(C)C1CCCC(CN2C(=O)c3ccccc3C2=O)C1(F)F.CN(C)C1CCCC(CNS(C)(=O)=O)C1(F)F.CN(C)C1CCCCC1=O.CNC.O=C1CCCCC1Br.O=C1c2ccccc2C(=O)N1CCl. The molecule has 4 fully saturated rings. The van der Waals surface area contributed by atoms with Crippen LogP contribution in [0, 0.1) is 11.8 Å². The third-order valence-electron chi connectivity index (χ3n) is 13.8. The third-order valence-corrected chi connectivity index (χ3v) is 15.7. The molecular weight excluding hydrogens is 1110 g/mol. The molecule has 15 nitrogen and oxygen atoms in total. The topological polar surface area (TPSA) is 177 Å². The van der Waals surface area contributed by atoms with Crippen molar-refractivity contribution in [2.45, 2.75) is 147 Å². The van der Waals surface area contributed by atoms with Crippen LogP contribution in [-0.2, 0) is 19.6 Å². The Morgan fingerprint density at radius 1 is 0.584 bits per heavy atom. The minimum atomic E-state index is -3.41. The molecule has 0 spiro atoms. The summed E-state index contributed by atoms with van der Waals surface area (Å²) in [5.74, 6) is -8.42. The quantitative estimate of drug-likeness (QED) is 0.105. The van der Waals surface area contributed by atoms with E-state index in [1.807, 2.05) is 33.1 Å². The first-order valence-electron chi connectivity index (χ1n) is 25.1. The van der Waals surface area contributed by atoms with Gasteiger partial charge in [0.2, 0.25) is 10.0 Å². The average molecular weight is 1200 g/mol. The number of likely N-dealkylation sites (N-methyl/N-ethyl adjacent to an activating group) is 1. The van der Waals surface area contributed by atoms with Crippen molar-refractivity contribution >= 4 is 72.7 Å². The lowest BCUT2D eigenvalue weighted by Gasteiger charge is -2.42. The van der Waals surface area contributed by atoms with Gasteiger partial charge in [-0.15, -0.1) is 11.6 Å². The normalized spacial score (nSPS) is 24.0. The lowest BCUT2D eigenvalue weighted by Crippen LogP contribution is -2.54. The first-order chi connectivity index (χ1) is 34.7. The molecular formula is C55H89BrClF4N7O8S. The fourth-order valence-electron chi connectivity index (χ4n) is 9.76. The van der Waals surface area contributed by atoms with E-state index in [-0.39, 0.29) is 64.1 Å². The highest BCUT2D eigenvalue weighted by Gasteiger charge is 2.53. The van der Waals surface area contributed by atoms with E-state index in [4.69, 9.17) is 11.6 Å². The summed E-state index contributed by atoms with van der Waals surface area (Å²) in [5.41, 5.74) is 1.49. The molecule has 6 unspecified atom stereocenters. The summed E-state index contributed by atoms with van der Waals surface area (Å²) in [4.78, 5) is 76.8. The van der Waals surface area contributed by atoms with Gasteiger partial charge < -0.3 is 15.1 Å². The summed E-state index contributed by atoms with van der Waals surface area (Å²) in [7, 11) is 10.8. The number of halogens is 6. The van der Waals surface area contributed by atoms with Crippen molar-refractivity contribution in [1.29, 1.82) is 0 Å². The largest absolute Gasteiger partial charge is 0.323 e. The third kappa shape index (κ3) is 20.4. The lowest BCUT2D eigenvalue weighted by molar-refractivity contribution is -0.139. The van der Waals surface area contributed by atoms with Gasteiger partial charge >= 0.3 is 0 Å². The van der Waals surface area contributed by atoms with Crippen LogP contribution < -0.4 is 10.0 Å². The maximum absolute atomic E-state index is 14.7. The predicted molar refractivity (Wildman–Crippen MR) is 304 cm³/mol. The number of alkyl halides is 6. The van der Waals surface area contributed by atoms with Gasteiger partial charge in [0.05, 0.1) is 51.5 Å². The molecule has 0 radical (unpaired) electrons. The highest BCUT2D eigenvalue weighted by atomic mass is 79.9. The first kappa shape index (κ1) is 73.3. The van der Waals surface area contributed by atoms with Crippen LogP contribution in [0.4, 0.5) is 17.6 Å². The van der Waals surface area contributed by atoms with Crippen LogP contribution in [0.15, 0.2) is 48.5 Å². The number of benzene rings is 2. The van der Waals surface area contributed by atoms with Gasteiger partial charge in [-0.05, 0) is 132 Å². The molecule has 440 valence electrons. The van der Waals surface area contributed by atoms with Crippen molar-refractivity contribution in [3.05, 3.63) is 70.8 Å². The van der Waals surface area contributed by atoms with Crippen LogP contribution in [0.2, 0.25) is 0 Å². The van der Waals surface area contributed by atoms with E-state index in [1.165, 1.54) is 22.6 Å². The van der Waals surface area contributed by atoms with Crippen LogP contribution in [0.3, 0.4) is 0 Å². The maximum atomic E-state index is 14.7. The van der Waals surface area contributed by atoms with Gasteiger partial charge in [-0.3, -0.25) is 43.5 Å². The fourth-order valence-corrected chi connectivity index (χ4v) is 11.0. The molecule has 0 saturated heterocycles. The molecule has 4 aliphatic carbocycles. The Kier molecular flexibility index (Phi) is 32.2. The number of sulfonamides is 1. The predicted octanol–water partition coefficient (Wildman–Crippen LogP) is 9.72. The number of amides is 4. The van der Waals surface area contributed by atoms with E-state index in [0.717, 1.165) is 54.6 Å². The van der Waals surface area contributed by atoms with Crippen molar-refractivity contribution in [3.63, 3.8) is 0 Å². The molecule has 0 bridgehead atoms. The van der Waals surface area contributed by atoms with Crippen LogP contribution in [0.5, 0.6) is 0 Å². The van der Waals surface area contributed by atoms with Gasteiger partial charge in [-0.25, -0.2) is 30.7 Å². The molecule has 4 amide bonds. The minimum Gasteiger partial charge on any atom is -0.323 e. The molecule has 8 rings (SSSR count). The molecule has 6 aliphatic rings. The zero-order valence-electron chi connectivity index (χ0n) is 44.3. The standard InChI is InChI=1S/C17H20F2N2O2.C10H20F2N2O2S.C9H6ClNO2.C8H15NO.C6H9BrO.C2H7N.3CH4/c1-20(2)14-9-5-6-11(17(14,18)19)10-21-15(22)12-7-3-4-8-13(12)16(21)23;1-14(2)9-6-4-5-8(10(9,11)12)7-13-17(3,15)16;10-5-11-8(12)6-3-1-2-4-7(6)9(11)13;1-9(2)7-5-3-4-6-8(7)10;7-5-3-1-2-4-6(5)8;1-3-2;;;/h3-4,7-8,11,14H,5-6,9-10H2,1-2H3;8-9,13H,4-7H2,1-3H3;1-4H,5H2;7H,3-6H2,1-2H3;5H,1-4H2;3H,1-2H3;3*1H4. The maximum Gasteiger partial charge on any atom is 0.267 e. The second-order valence-corrected chi connectivity index (χ2v) is 23.2. The zero-order chi connectivity index (χ0) is 55.7. The Morgan fingerprint density at radius 3 is 1.29 bits per heavy atom. The minimum absolute atomic E-state index is 0. The number of ketones is 2. The Bertz CT molecular complexity index is 2260. The van der Waals surface area contributed by atoms with Gasteiger partial charge in [-0.2, -0.15) is 0 Å². The summed E-state index contributed by atoms with van der Waals surface area (Å²) in [6.45, 7) is -0.403. The molecule has 2 N–H and O–H groups in total. The number of carbonyl (C=O) groups is 6. The highest BCUT2D eigenvalue weighted by Crippen LogP contribution is 2.42. The molecule has 22 heteroatoms. The molecule has 6 atom stereocenters. The van der Waals surface area contributed by atoms with E-state index in [0.29, 0.717) is 72.3 Å². The van der Waals surface area contributed by atoms with Crippen LogP contribution >= 0.6 is 27.5 Å². The van der Waals surface area contributed by atoms with Crippen molar-refractivity contribution in [1.82, 2.24) is 34.5 Å². The van der Waals surface area contributed by atoms with Crippen molar-refractivity contribution < 1.29 is 54.7 Å². The smallest absolute Gasteiger partial charge is 0.267 e. The van der Waals surface area contributed by atoms with Crippen LogP contribution in [0.25, 0.3) is 0 Å². The first-order valence-corrected chi connectivity index (χ1v) is 28.5. The number of Topliss-reactive ketones (excluding diaryl/α,β-unsaturated/α-hetero) is 2. The van der Waals surface area contributed by atoms with Gasteiger partial charge in [0, 0.05) is 37.8 Å². The number of hydrogen-bond donors (Lipinski definition) is 2. The van der Waals surface area contributed by atoms with Gasteiger partial charge in [0.15, 0.2) is 0 Å². The Hall–Kier alpha value is -3.70. The van der Waals surface area contributed by atoms with Gasteiger partial charge in [0.1, 0.15) is 17.6 Å². The summed E-state index contributed by atoms with van der Waals surface area (Å²) >= 11 is 8.78. The molecule has 2 aliphatic heterocycles. The van der Waals surface area contributed by atoms with Gasteiger partial charge in [0.25, 0.3) is 35.5 Å². The summed E-state index contributed by atoms with van der Waals surface area (Å²) in [5, 5.41) is 2.75. The molecule has 2 heterocycles. The number of carbonyl (C=O) groups excluding carboxylic acids is 6. The van der Waals surface area contributed by atoms with Crippen molar-refractivity contribution in [2.24, 2.45) is 11.8 Å². The second kappa shape index (κ2) is 33.8. The molecule has 4 saturated carbocycles. The summed E-state index contributed by atoms with van der Waals surface area (Å²) in [6.07, 6.45) is 12.2. The van der Waals surface area contributed by atoms with Crippen molar-refractivity contribution in [3.8, 4) is 0 Å². The zero-order valence-corrected chi connectivity index (χ0v) is 47.4. The monoisotopic (exact) mass is 1200 g/mol. The Labute approximate surface area is 471 Å². The number of nitrogens with zero attached hydrogens (tertiary/aromatic N) is 5. The molecule has 2 aromatic carbocycles. The second-order valence-electron chi connectivity index (χ2n) is 20.0. The number of hydrogen-bond acceptors (Lipinski definition) is 12. The lowest BCUT2D eigenvalue weighted by atomic mass is 9.81. The van der Waals surface area contributed by atoms with Crippen LogP contribution in [0.1, 0.15) is 154 Å². The van der Waals surface area contributed by atoms with Gasteiger partial charge in [-0.1, -0.05) is 88.2 Å². The number of rotatable bonds is 9. The number of imide groups is 2. The van der Waals surface area contributed by atoms with E-state index >= 15 is 0 Å². The van der Waals surface area contributed by atoms with E-state index < -0.39 is 57.6 Å². The van der Waals surface area contributed by atoms with E-state index in [1.54, 1.807) is 76.7 Å². The Balaban J connectivity index is 0.000000956. The number of nitrogens with one attached hydrogen (secondary N) is 2. The number of fused-ring (bicyclic) bond motifs is 2. The van der Waals surface area contributed by atoms with Crippen LogP contribution in [-0.4, -0.2) is 185 Å². The molecule has 2 aromatic rings.